The Hall–Kier alpha value is -3.21. The highest BCUT2D eigenvalue weighted by Crippen LogP contribution is 2.15. The molecule has 3 N–H and O–H groups in total. The maximum Gasteiger partial charge on any atom is 0.410 e. The van der Waals surface area contributed by atoms with Crippen molar-refractivity contribution in [2.24, 2.45) is 4.99 Å². The molecular formula is C20H27N5O3. The van der Waals surface area contributed by atoms with Gasteiger partial charge in [0.2, 0.25) is 5.91 Å². The number of nitrogens with one attached hydrogen (secondary N) is 3. The lowest BCUT2D eigenvalue weighted by Gasteiger charge is -2.40. The van der Waals surface area contributed by atoms with Crippen LogP contribution in [0.3, 0.4) is 0 Å². The minimum atomic E-state index is -0.514. The molecular weight excluding hydrogens is 358 g/mol. The average molecular weight is 385 g/mol. The van der Waals surface area contributed by atoms with E-state index in [0.29, 0.717) is 30.3 Å². The largest absolute Gasteiger partial charge is 0.444 e. The number of hydrogen-bond acceptors (Lipinski definition) is 4. The number of anilines is 1. The van der Waals surface area contributed by atoms with E-state index >= 15 is 0 Å². The number of guanidine groups is 1. The monoisotopic (exact) mass is 385 g/mol. The summed E-state index contributed by atoms with van der Waals surface area (Å²) in [7, 11) is 1.62. The van der Waals surface area contributed by atoms with Crippen molar-refractivity contribution < 1.29 is 14.3 Å². The summed E-state index contributed by atoms with van der Waals surface area (Å²) in [6.45, 7) is 6.57. The molecule has 28 heavy (non-hydrogen) atoms. The molecule has 1 fully saturated rings. The van der Waals surface area contributed by atoms with Crippen molar-refractivity contribution in [3.8, 4) is 12.3 Å². The summed E-state index contributed by atoms with van der Waals surface area (Å²) in [6.07, 6.45) is 5.03. The van der Waals surface area contributed by atoms with Crippen LogP contribution in [0.1, 0.15) is 26.3 Å². The van der Waals surface area contributed by atoms with E-state index in [1.807, 2.05) is 20.8 Å². The van der Waals surface area contributed by atoms with Crippen molar-refractivity contribution in [1.82, 2.24) is 15.5 Å². The Morgan fingerprint density at radius 3 is 2.68 bits per heavy atom. The number of likely N-dealkylation sites (tertiary alicyclic amines) is 1. The molecule has 0 saturated carbocycles. The Bertz CT molecular complexity index is 786. The number of carbonyl (C=O) groups excluding carboxylic acids is 2. The molecule has 0 aliphatic carbocycles. The van der Waals surface area contributed by atoms with Crippen LogP contribution in [-0.4, -0.2) is 61.2 Å². The molecule has 1 saturated heterocycles. The van der Waals surface area contributed by atoms with E-state index in [9.17, 15) is 9.59 Å². The molecule has 1 aliphatic rings. The molecule has 8 nitrogen and oxygen atoms in total. The number of benzene rings is 1. The predicted molar refractivity (Wildman–Crippen MR) is 109 cm³/mol. The van der Waals surface area contributed by atoms with Crippen LogP contribution in [0, 0.1) is 12.3 Å². The van der Waals surface area contributed by atoms with Gasteiger partial charge >= 0.3 is 6.09 Å². The minimum absolute atomic E-state index is 0.0441. The van der Waals surface area contributed by atoms with Crippen LogP contribution >= 0.6 is 0 Å². The molecule has 2 rings (SSSR count). The summed E-state index contributed by atoms with van der Waals surface area (Å²) < 4.78 is 5.32. The van der Waals surface area contributed by atoms with E-state index < -0.39 is 5.60 Å². The summed E-state index contributed by atoms with van der Waals surface area (Å²) in [5, 5.41) is 8.89. The van der Waals surface area contributed by atoms with Crippen LogP contribution in [0.15, 0.2) is 29.3 Å². The van der Waals surface area contributed by atoms with Crippen LogP contribution in [0.5, 0.6) is 0 Å². The fraction of sp³-hybridized carbons (Fsp3) is 0.450. The van der Waals surface area contributed by atoms with E-state index in [0.717, 1.165) is 0 Å². The van der Waals surface area contributed by atoms with Gasteiger partial charge in [-0.25, -0.2) is 4.79 Å². The summed E-state index contributed by atoms with van der Waals surface area (Å²) in [4.78, 5) is 29.8. The first-order chi connectivity index (χ1) is 13.2. The summed E-state index contributed by atoms with van der Waals surface area (Å²) in [5.41, 5.74) is 0.820. The summed E-state index contributed by atoms with van der Waals surface area (Å²) in [6, 6.07) is 7.12. The van der Waals surface area contributed by atoms with E-state index in [2.05, 4.69) is 26.9 Å². The number of ether oxygens (including phenoxy) is 1. The highest BCUT2D eigenvalue weighted by atomic mass is 16.6. The van der Waals surface area contributed by atoms with Crippen molar-refractivity contribution in [3.05, 3.63) is 29.8 Å². The molecule has 0 atom stereocenters. The average Bonchev–Trinajstić information content (AvgIpc) is 2.58. The summed E-state index contributed by atoms with van der Waals surface area (Å²) >= 11 is 0. The normalized spacial score (nSPS) is 14.5. The first kappa shape index (κ1) is 21.1. The third-order valence-electron chi connectivity index (χ3n) is 3.83. The second kappa shape index (κ2) is 9.13. The van der Waals surface area contributed by atoms with Gasteiger partial charge in [-0.05, 0) is 39.0 Å². The number of amides is 2. The maximum absolute atomic E-state index is 12.1. The molecule has 0 radical (unpaired) electrons. The van der Waals surface area contributed by atoms with Gasteiger partial charge in [-0.2, -0.15) is 0 Å². The first-order valence-corrected chi connectivity index (χ1v) is 9.02. The maximum atomic E-state index is 12.1. The molecule has 0 unspecified atom stereocenters. The van der Waals surface area contributed by atoms with Crippen LogP contribution in [0.2, 0.25) is 0 Å². The van der Waals surface area contributed by atoms with Crippen LogP contribution < -0.4 is 16.0 Å². The standard InChI is InChI=1S/C20H27N5O3/c1-6-14-8-7-9-15(10-14)23-17(26)11-22-18(21-5)24-16-12-25(13-16)19(27)28-20(2,3)4/h1,7-10,16H,11-13H2,2-5H3,(H,23,26)(H2,21,22,24). The number of rotatable bonds is 4. The molecule has 0 spiro atoms. The van der Waals surface area contributed by atoms with E-state index in [1.54, 1.807) is 36.2 Å². The number of hydrogen-bond donors (Lipinski definition) is 3. The molecule has 8 heteroatoms. The van der Waals surface area contributed by atoms with Crippen molar-refractivity contribution in [2.75, 3.05) is 32.0 Å². The third kappa shape index (κ3) is 6.50. The van der Waals surface area contributed by atoms with Crippen LogP contribution in [-0.2, 0) is 9.53 Å². The zero-order valence-corrected chi connectivity index (χ0v) is 16.7. The lowest BCUT2D eigenvalue weighted by atomic mass is 10.1. The van der Waals surface area contributed by atoms with Gasteiger partial charge in [0, 0.05) is 31.4 Å². The van der Waals surface area contributed by atoms with Crippen molar-refractivity contribution >= 4 is 23.6 Å². The molecule has 150 valence electrons. The molecule has 1 heterocycles. The van der Waals surface area contributed by atoms with Crippen molar-refractivity contribution in [3.63, 3.8) is 0 Å². The van der Waals surface area contributed by atoms with Gasteiger partial charge in [-0.1, -0.05) is 12.0 Å². The SMILES string of the molecule is C#Cc1cccc(NC(=O)CNC(=NC)NC2CN(C(=O)OC(C)(C)C)C2)c1. The highest BCUT2D eigenvalue weighted by molar-refractivity contribution is 5.95. The second-order valence-electron chi connectivity index (χ2n) is 7.43. The van der Waals surface area contributed by atoms with E-state index in [4.69, 9.17) is 11.2 Å². The Balaban J connectivity index is 1.73. The van der Waals surface area contributed by atoms with Crippen LogP contribution in [0.4, 0.5) is 10.5 Å². The molecule has 0 aromatic heterocycles. The number of nitrogens with zero attached hydrogens (tertiary/aromatic N) is 2. The van der Waals surface area contributed by atoms with Gasteiger partial charge in [-0.3, -0.25) is 9.79 Å². The Kier molecular flexibility index (Phi) is 6.88. The van der Waals surface area contributed by atoms with Crippen LogP contribution in [0.25, 0.3) is 0 Å². The Morgan fingerprint density at radius 1 is 1.36 bits per heavy atom. The molecule has 1 aliphatic heterocycles. The third-order valence-corrected chi connectivity index (χ3v) is 3.83. The van der Waals surface area contributed by atoms with Gasteiger partial charge in [-0.15, -0.1) is 6.42 Å². The summed E-state index contributed by atoms with van der Waals surface area (Å²) in [5.74, 6) is 2.79. The number of aliphatic imine (C=N–C) groups is 1. The number of carbonyl (C=O) groups is 2. The fourth-order valence-electron chi connectivity index (χ4n) is 2.49. The van der Waals surface area contributed by atoms with Gasteiger partial charge in [0.05, 0.1) is 12.6 Å². The predicted octanol–water partition coefficient (Wildman–Crippen LogP) is 1.39. The van der Waals surface area contributed by atoms with Crippen molar-refractivity contribution in [2.45, 2.75) is 32.4 Å². The smallest absolute Gasteiger partial charge is 0.410 e. The fourth-order valence-corrected chi connectivity index (χ4v) is 2.49. The van der Waals surface area contributed by atoms with Gasteiger partial charge in [0.1, 0.15) is 5.60 Å². The number of terminal acetylenes is 1. The molecule has 2 amide bonds. The van der Waals surface area contributed by atoms with Gasteiger partial charge in [0.15, 0.2) is 5.96 Å². The Labute approximate surface area is 165 Å². The van der Waals surface area contributed by atoms with E-state index in [1.165, 1.54) is 0 Å². The zero-order valence-electron chi connectivity index (χ0n) is 16.7. The Morgan fingerprint density at radius 2 is 2.07 bits per heavy atom. The first-order valence-electron chi connectivity index (χ1n) is 9.02. The lowest BCUT2D eigenvalue weighted by Crippen LogP contribution is -2.63. The van der Waals surface area contributed by atoms with E-state index in [-0.39, 0.29) is 24.6 Å². The van der Waals surface area contributed by atoms with Gasteiger partial charge < -0.3 is 25.6 Å². The topological polar surface area (TPSA) is 95.1 Å². The minimum Gasteiger partial charge on any atom is -0.444 e. The highest BCUT2D eigenvalue weighted by Gasteiger charge is 2.34. The quantitative estimate of drug-likeness (QED) is 0.414. The molecule has 0 bridgehead atoms. The van der Waals surface area contributed by atoms with Gasteiger partial charge in [0.25, 0.3) is 0 Å². The lowest BCUT2D eigenvalue weighted by molar-refractivity contribution is -0.115. The molecule has 1 aromatic carbocycles. The zero-order chi connectivity index (χ0) is 20.7. The molecule has 1 aromatic rings. The second-order valence-corrected chi connectivity index (χ2v) is 7.43. The van der Waals surface area contributed by atoms with Crippen molar-refractivity contribution in [1.29, 1.82) is 0 Å².